The third-order valence-electron chi connectivity index (χ3n) is 5.33. The SMILES string of the molecule is F[C@@H]1COCC[C@H]1Nc1ncc2c(Cl)nc(C3CCN(CC(F)(F)F)CC3)n2n1. The summed E-state index contributed by atoms with van der Waals surface area (Å²) in [4.78, 5) is 9.97. The Kier molecular flexibility index (Phi) is 5.80. The van der Waals surface area contributed by atoms with E-state index in [1.54, 1.807) is 4.52 Å². The van der Waals surface area contributed by atoms with Crippen molar-refractivity contribution in [2.45, 2.75) is 43.6 Å². The summed E-state index contributed by atoms with van der Waals surface area (Å²) < 4.78 is 58.5. The predicted octanol–water partition coefficient (Wildman–Crippen LogP) is 3.06. The summed E-state index contributed by atoms with van der Waals surface area (Å²) in [7, 11) is 0. The van der Waals surface area contributed by atoms with Crippen LogP contribution in [0.2, 0.25) is 5.15 Å². The van der Waals surface area contributed by atoms with Gasteiger partial charge in [0.15, 0.2) is 5.15 Å². The van der Waals surface area contributed by atoms with E-state index in [4.69, 9.17) is 16.3 Å². The summed E-state index contributed by atoms with van der Waals surface area (Å²) in [6.45, 7) is 0.211. The molecule has 0 aliphatic carbocycles. The second kappa shape index (κ2) is 8.19. The number of fused-ring (bicyclic) bond motifs is 1. The van der Waals surface area contributed by atoms with Crippen LogP contribution in [0.4, 0.5) is 23.5 Å². The lowest BCUT2D eigenvalue weighted by atomic mass is 9.96. The summed E-state index contributed by atoms with van der Waals surface area (Å²) in [5.41, 5.74) is 0.508. The Bertz CT molecular complexity index is 854. The minimum Gasteiger partial charge on any atom is -0.378 e. The number of imidazole rings is 1. The molecule has 2 fully saturated rings. The van der Waals surface area contributed by atoms with Crippen molar-refractivity contribution >= 4 is 23.1 Å². The first kappa shape index (κ1) is 20.5. The van der Waals surface area contributed by atoms with Gasteiger partial charge in [-0.05, 0) is 32.4 Å². The number of hydrogen-bond donors (Lipinski definition) is 1. The van der Waals surface area contributed by atoms with Crippen molar-refractivity contribution in [1.29, 1.82) is 0 Å². The molecule has 0 amide bonds. The number of hydrogen-bond acceptors (Lipinski definition) is 6. The molecule has 0 spiro atoms. The second-order valence-corrected chi connectivity index (χ2v) is 7.79. The van der Waals surface area contributed by atoms with Crippen molar-refractivity contribution < 1.29 is 22.3 Å². The Balaban J connectivity index is 1.51. The number of rotatable bonds is 4. The van der Waals surface area contributed by atoms with E-state index in [0.29, 0.717) is 50.3 Å². The van der Waals surface area contributed by atoms with Crippen LogP contribution >= 0.6 is 11.6 Å². The Labute approximate surface area is 169 Å². The zero-order chi connectivity index (χ0) is 20.6. The predicted molar refractivity (Wildman–Crippen MR) is 98.0 cm³/mol. The highest BCUT2D eigenvalue weighted by Gasteiger charge is 2.34. The van der Waals surface area contributed by atoms with Crippen molar-refractivity contribution in [1.82, 2.24) is 24.5 Å². The van der Waals surface area contributed by atoms with Crippen LogP contribution in [0.1, 0.15) is 31.0 Å². The average molecular weight is 437 g/mol. The second-order valence-electron chi connectivity index (χ2n) is 7.44. The molecule has 0 radical (unpaired) electrons. The molecular weight excluding hydrogens is 416 g/mol. The smallest absolute Gasteiger partial charge is 0.378 e. The molecule has 0 aromatic carbocycles. The number of anilines is 1. The van der Waals surface area contributed by atoms with E-state index in [1.807, 2.05) is 0 Å². The van der Waals surface area contributed by atoms with Gasteiger partial charge in [0.2, 0.25) is 5.95 Å². The van der Waals surface area contributed by atoms with Crippen molar-refractivity contribution in [3.63, 3.8) is 0 Å². The van der Waals surface area contributed by atoms with Gasteiger partial charge in [-0.15, -0.1) is 5.10 Å². The van der Waals surface area contributed by atoms with Crippen LogP contribution in [-0.2, 0) is 4.74 Å². The molecule has 0 unspecified atom stereocenters. The van der Waals surface area contributed by atoms with Gasteiger partial charge in [-0.25, -0.2) is 18.9 Å². The zero-order valence-corrected chi connectivity index (χ0v) is 16.3. The Hall–Kier alpha value is -1.72. The molecule has 2 aromatic heterocycles. The topological polar surface area (TPSA) is 67.6 Å². The van der Waals surface area contributed by atoms with E-state index in [0.717, 1.165) is 0 Å². The van der Waals surface area contributed by atoms with Gasteiger partial charge in [-0.2, -0.15) is 13.2 Å². The maximum absolute atomic E-state index is 14.0. The van der Waals surface area contributed by atoms with Gasteiger partial charge in [0.25, 0.3) is 0 Å². The van der Waals surface area contributed by atoms with Crippen LogP contribution in [0.25, 0.3) is 5.52 Å². The highest BCUT2D eigenvalue weighted by molar-refractivity contribution is 6.32. The summed E-state index contributed by atoms with van der Waals surface area (Å²) >= 11 is 6.21. The standard InChI is InChI=1S/C17H21ClF4N6O/c18-14-13-7-23-16(24-12-3-6-29-8-11(12)19)26-28(13)15(25-14)10-1-4-27(5-2-10)9-17(20,21)22/h7,10-12H,1-6,8-9H2,(H,24,26)/t11-,12-/m1/s1. The Morgan fingerprint density at radius 3 is 2.69 bits per heavy atom. The van der Waals surface area contributed by atoms with Crippen LogP contribution in [0.5, 0.6) is 0 Å². The third-order valence-corrected chi connectivity index (χ3v) is 5.61. The summed E-state index contributed by atoms with van der Waals surface area (Å²) in [6.07, 6.45) is -2.32. The molecule has 2 aliphatic heterocycles. The summed E-state index contributed by atoms with van der Waals surface area (Å²) in [5, 5.41) is 7.65. The van der Waals surface area contributed by atoms with Gasteiger partial charge in [-0.1, -0.05) is 11.6 Å². The van der Waals surface area contributed by atoms with Crippen molar-refractivity contribution in [3.05, 3.63) is 17.2 Å². The fourth-order valence-electron chi connectivity index (χ4n) is 3.84. The summed E-state index contributed by atoms with van der Waals surface area (Å²) in [5.74, 6) is 0.766. The minimum atomic E-state index is -4.21. The highest BCUT2D eigenvalue weighted by Crippen LogP contribution is 2.31. The van der Waals surface area contributed by atoms with Gasteiger partial charge in [0.05, 0.1) is 25.4 Å². The van der Waals surface area contributed by atoms with Crippen LogP contribution in [0.15, 0.2) is 6.20 Å². The number of alkyl halides is 4. The first-order valence-electron chi connectivity index (χ1n) is 9.49. The van der Waals surface area contributed by atoms with Gasteiger partial charge in [0, 0.05) is 12.5 Å². The number of piperidine rings is 1. The first-order valence-corrected chi connectivity index (χ1v) is 9.86. The number of nitrogens with zero attached hydrogens (tertiary/aromatic N) is 5. The van der Waals surface area contributed by atoms with Crippen molar-refractivity contribution in [2.75, 3.05) is 38.2 Å². The lowest BCUT2D eigenvalue weighted by Crippen LogP contribution is -2.40. The molecule has 4 rings (SSSR count). The van der Waals surface area contributed by atoms with Crippen LogP contribution in [0.3, 0.4) is 0 Å². The van der Waals surface area contributed by atoms with E-state index in [9.17, 15) is 17.6 Å². The highest BCUT2D eigenvalue weighted by atomic mass is 35.5. The maximum Gasteiger partial charge on any atom is 0.401 e. The van der Waals surface area contributed by atoms with Crippen LogP contribution < -0.4 is 5.32 Å². The van der Waals surface area contributed by atoms with E-state index in [-0.39, 0.29) is 23.6 Å². The first-order chi connectivity index (χ1) is 13.8. The van der Waals surface area contributed by atoms with Gasteiger partial charge in [-0.3, -0.25) is 4.90 Å². The monoisotopic (exact) mass is 436 g/mol. The van der Waals surface area contributed by atoms with E-state index in [2.05, 4.69) is 20.4 Å². The molecule has 2 saturated heterocycles. The largest absolute Gasteiger partial charge is 0.401 e. The zero-order valence-electron chi connectivity index (χ0n) is 15.5. The molecule has 1 N–H and O–H groups in total. The molecular formula is C17H21ClF4N6O. The quantitative estimate of drug-likeness (QED) is 0.743. The van der Waals surface area contributed by atoms with Crippen LogP contribution in [0, 0.1) is 0 Å². The van der Waals surface area contributed by atoms with Crippen molar-refractivity contribution in [3.8, 4) is 0 Å². The number of halogens is 5. The molecule has 4 heterocycles. The number of ether oxygens (including phenoxy) is 1. The Morgan fingerprint density at radius 2 is 2.00 bits per heavy atom. The van der Waals surface area contributed by atoms with E-state index in [1.165, 1.54) is 11.1 Å². The molecule has 29 heavy (non-hydrogen) atoms. The fraction of sp³-hybridized carbons (Fsp3) is 0.706. The number of aromatic nitrogens is 4. The van der Waals surface area contributed by atoms with Gasteiger partial charge < -0.3 is 10.1 Å². The molecule has 2 aliphatic rings. The molecule has 2 aromatic rings. The molecule has 0 saturated carbocycles. The van der Waals surface area contributed by atoms with Crippen molar-refractivity contribution in [2.24, 2.45) is 0 Å². The average Bonchev–Trinajstić information content (AvgIpc) is 2.99. The van der Waals surface area contributed by atoms with Gasteiger partial charge >= 0.3 is 6.18 Å². The Morgan fingerprint density at radius 1 is 1.24 bits per heavy atom. The minimum absolute atomic E-state index is 0.0264. The summed E-state index contributed by atoms with van der Waals surface area (Å²) in [6, 6.07) is -0.450. The molecule has 0 bridgehead atoms. The lowest BCUT2D eigenvalue weighted by Gasteiger charge is -2.31. The lowest BCUT2D eigenvalue weighted by molar-refractivity contribution is -0.148. The van der Waals surface area contributed by atoms with Gasteiger partial charge in [0.1, 0.15) is 17.5 Å². The molecule has 12 heteroatoms. The normalized spacial score (nSPS) is 24.9. The van der Waals surface area contributed by atoms with Crippen LogP contribution in [-0.4, -0.2) is 75.7 Å². The fourth-order valence-corrected chi connectivity index (χ4v) is 4.05. The third kappa shape index (κ3) is 4.72. The molecule has 160 valence electrons. The number of nitrogens with one attached hydrogen (secondary N) is 1. The molecule has 7 nitrogen and oxygen atoms in total. The maximum atomic E-state index is 14.0. The van der Waals surface area contributed by atoms with E-state index >= 15 is 0 Å². The molecule has 2 atom stereocenters. The van der Waals surface area contributed by atoms with E-state index < -0.39 is 24.9 Å². The number of likely N-dealkylation sites (tertiary alicyclic amines) is 1.